The summed E-state index contributed by atoms with van der Waals surface area (Å²) >= 11 is 0. The van der Waals surface area contributed by atoms with E-state index >= 15 is 0 Å². The Morgan fingerprint density at radius 3 is 2.38 bits per heavy atom. The normalized spacial score (nSPS) is 10.7. The van der Waals surface area contributed by atoms with Crippen molar-refractivity contribution in [2.24, 2.45) is 0 Å². The molecule has 0 aliphatic rings. The largest absolute Gasteiger partial charge is 0.465 e. The van der Waals surface area contributed by atoms with Crippen LogP contribution in [0.3, 0.4) is 0 Å². The molecule has 37 heavy (non-hydrogen) atoms. The van der Waals surface area contributed by atoms with Gasteiger partial charge in [0.2, 0.25) is 0 Å². The van der Waals surface area contributed by atoms with Gasteiger partial charge in [-0.15, -0.1) is 0 Å². The molecule has 0 spiro atoms. The molecule has 0 saturated heterocycles. The van der Waals surface area contributed by atoms with Crippen molar-refractivity contribution in [3.63, 3.8) is 0 Å². The summed E-state index contributed by atoms with van der Waals surface area (Å²) < 4.78 is 12.7. The SMILES string of the molecule is CCOc1nc2cccc(C(=O)OC)c2n1Cc1ccc(-c2cc(-c3ccccc3)ccc2C#N)cc1. The van der Waals surface area contributed by atoms with Crippen molar-refractivity contribution >= 4 is 17.0 Å². The predicted molar refractivity (Wildman–Crippen MR) is 143 cm³/mol. The van der Waals surface area contributed by atoms with E-state index in [9.17, 15) is 10.1 Å². The van der Waals surface area contributed by atoms with Crippen LogP contribution in [0.15, 0.2) is 91.0 Å². The molecule has 5 rings (SSSR count). The maximum absolute atomic E-state index is 12.5. The van der Waals surface area contributed by atoms with Gasteiger partial charge in [0.05, 0.1) is 48.5 Å². The summed E-state index contributed by atoms with van der Waals surface area (Å²) in [7, 11) is 1.37. The van der Waals surface area contributed by atoms with Crippen molar-refractivity contribution < 1.29 is 14.3 Å². The number of carbonyl (C=O) groups excluding carboxylic acids is 1. The van der Waals surface area contributed by atoms with Gasteiger partial charge in [0.1, 0.15) is 0 Å². The highest BCUT2D eigenvalue weighted by Crippen LogP contribution is 2.31. The molecular weight excluding hydrogens is 462 g/mol. The minimum atomic E-state index is -0.424. The minimum absolute atomic E-state index is 0.424. The molecule has 1 heterocycles. The number of esters is 1. The van der Waals surface area contributed by atoms with Gasteiger partial charge in [-0.3, -0.25) is 4.57 Å². The standard InChI is InChI=1S/C31H25N3O3/c1-3-37-31-33-28-11-7-10-26(30(35)36-2)29(28)34(31)20-21-12-14-23(15-13-21)27-18-24(16-17-25(27)19-32)22-8-5-4-6-9-22/h4-18H,3,20H2,1-2H3. The summed E-state index contributed by atoms with van der Waals surface area (Å²) in [5, 5.41) is 9.73. The molecule has 0 radical (unpaired) electrons. The van der Waals surface area contributed by atoms with Gasteiger partial charge in [0.25, 0.3) is 6.01 Å². The van der Waals surface area contributed by atoms with Gasteiger partial charge < -0.3 is 9.47 Å². The Kier molecular flexibility index (Phi) is 6.69. The van der Waals surface area contributed by atoms with E-state index in [1.54, 1.807) is 12.1 Å². The van der Waals surface area contributed by atoms with Crippen LogP contribution < -0.4 is 4.74 Å². The van der Waals surface area contributed by atoms with Gasteiger partial charge in [0, 0.05) is 5.56 Å². The highest BCUT2D eigenvalue weighted by atomic mass is 16.5. The van der Waals surface area contributed by atoms with Gasteiger partial charge in [-0.2, -0.15) is 10.2 Å². The number of fused-ring (bicyclic) bond motifs is 1. The van der Waals surface area contributed by atoms with Crippen LogP contribution in [0.2, 0.25) is 0 Å². The Hall–Kier alpha value is -4.89. The Balaban J connectivity index is 1.52. The number of para-hydroxylation sites is 1. The fourth-order valence-corrected chi connectivity index (χ4v) is 4.49. The molecule has 0 fully saturated rings. The number of benzene rings is 4. The zero-order chi connectivity index (χ0) is 25.8. The molecular formula is C31H25N3O3. The monoisotopic (exact) mass is 487 g/mol. The number of nitriles is 1. The lowest BCUT2D eigenvalue weighted by atomic mass is 9.94. The average molecular weight is 488 g/mol. The number of methoxy groups -OCH3 is 1. The second-order valence-electron chi connectivity index (χ2n) is 8.51. The maximum atomic E-state index is 12.5. The van der Waals surface area contributed by atoms with Crippen molar-refractivity contribution in [2.75, 3.05) is 13.7 Å². The van der Waals surface area contributed by atoms with Crippen LogP contribution in [0.5, 0.6) is 6.01 Å². The molecule has 4 aromatic carbocycles. The fraction of sp³-hybridized carbons (Fsp3) is 0.129. The Labute approximate surface area is 215 Å². The Morgan fingerprint density at radius 1 is 0.919 bits per heavy atom. The molecule has 0 saturated carbocycles. The lowest BCUT2D eigenvalue weighted by Gasteiger charge is -2.12. The summed E-state index contributed by atoms with van der Waals surface area (Å²) in [6, 6.07) is 32.2. The lowest BCUT2D eigenvalue weighted by Crippen LogP contribution is -2.09. The first-order chi connectivity index (χ1) is 18.1. The molecule has 182 valence electrons. The van der Waals surface area contributed by atoms with Crippen LogP contribution in [-0.4, -0.2) is 29.2 Å². The molecule has 0 unspecified atom stereocenters. The number of hydrogen-bond acceptors (Lipinski definition) is 5. The molecule has 0 bridgehead atoms. The van der Waals surface area contributed by atoms with E-state index in [1.165, 1.54) is 7.11 Å². The van der Waals surface area contributed by atoms with Crippen LogP contribution in [0.4, 0.5) is 0 Å². The first-order valence-corrected chi connectivity index (χ1v) is 12.0. The van der Waals surface area contributed by atoms with Gasteiger partial charge in [0.15, 0.2) is 0 Å². The summed E-state index contributed by atoms with van der Waals surface area (Å²) in [4.78, 5) is 17.1. The van der Waals surface area contributed by atoms with Crippen molar-refractivity contribution in [2.45, 2.75) is 13.5 Å². The van der Waals surface area contributed by atoms with Crippen LogP contribution in [-0.2, 0) is 11.3 Å². The highest BCUT2D eigenvalue weighted by Gasteiger charge is 2.20. The van der Waals surface area contributed by atoms with E-state index in [0.29, 0.717) is 41.3 Å². The van der Waals surface area contributed by atoms with Crippen LogP contribution >= 0.6 is 0 Å². The number of hydrogen-bond donors (Lipinski definition) is 0. The van der Waals surface area contributed by atoms with Crippen molar-refractivity contribution in [1.82, 2.24) is 9.55 Å². The highest BCUT2D eigenvalue weighted by molar-refractivity contribution is 6.02. The van der Waals surface area contributed by atoms with E-state index in [0.717, 1.165) is 27.8 Å². The summed E-state index contributed by atoms with van der Waals surface area (Å²) in [6.07, 6.45) is 0. The van der Waals surface area contributed by atoms with Crippen molar-refractivity contribution in [1.29, 1.82) is 5.26 Å². The second-order valence-corrected chi connectivity index (χ2v) is 8.51. The number of imidazole rings is 1. The Bertz CT molecular complexity index is 1610. The van der Waals surface area contributed by atoms with Gasteiger partial charge in [-0.05, 0) is 53.4 Å². The van der Waals surface area contributed by atoms with Gasteiger partial charge >= 0.3 is 5.97 Å². The molecule has 0 amide bonds. The van der Waals surface area contributed by atoms with Crippen molar-refractivity contribution in [3.05, 3.63) is 108 Å². The smallest absolute Gasteiger partial charge is 0.340 e. The van der Waals surface area contributed by atoms with Gasteiger partial charge in [-0.25, -0.2) is 4.79 Å². The number of nitrogens with zero attached hydrogens (tertiary/aromatic N) is 3. The topological polar surface area (TPSA) is 77.1 Å². The zero-order valence-electron chi connectivity index (χ0n) is 20.6. The van der Waals surface area contributed by atoms with Crippen molar-refractivity contribution in [3.8, 4) is 34.3 Å². The predicted octanol–water partition coefficient (Wildman–Crippen LogP) is 6.48. The number of aromatic nitrogens is 2. The average Bonchev–Trinajstić information content (AvgIpc) is 3.30. The summed E-state index contributed by atoms with van der Waals surface area (Å²) in [5.74, 6) is -0.424. The summed E-state index contributed by atoms with van der Waals surface area (Å²) in [6.45, 7) is 2.80. The fourth-order valence-electron chi connectivity index (χ4n) is 4.49. The van der Waals surface area contributed by atoms with Crippen LogP contribution in [0.1, 0.15) is 28.4 Å². The molecule has 0 aliphatic heterocycles. The third-order valence-corrected chi connectivity index (χ3v) is 6.26. The second kappa shape index (κ2) is 10.4. The third-order valence-electron chi connectivity index (χ3n) is 6.26. The molecule has 6 nitrogen and oxygen atoms in total. The molecule has 0 aliphatic carbocycles. The number of carbonyl (C=O) groups is 1. The van der Waals surface area contributed by atoms with Crippen LogP contribution in [0, 0.1) is 11.3 Å². The first-order valence-electron chi connectivity index (χ1n) is 12.0. The molecule has 6 heteroatoms. The minimum Gasteiger partial charge on any atom is -0.465 e. The number of ether oxygens (including phenoxy) is 2. The van der Waals surface area contributed by atoms with Gasteiger partial charge in [-0.1, -0.05) is 66.7 Å². The molecule has 0 atom stereocenters. The van der Waals surface area contributed by atoms with E-state index in [4.69, 9.17) is 9.47 Å². The first kappa shape index (κ1) is 23.8. The molecule has 5 aromatic rings. The quantitative estimate of drug-likeness (QED) is 0.246. The van der Waals surface area contributed by atoms with E-state index < -0.39 is 5.97 Å². The third kappa shape index (κ3) is 4.67. The number of rotatable bonds is 7. The molecule has 0 N–H and O–H groups in total. The van der Waals surface area contributed by atoms with E-state index in [2.05, 4.69) is 29.3 Å². The molecule has 1 aromatic heterocycles. The van der Waals surface area contributed by atoms with E-state index in [1.807, 2.05) is 72.2 Å². The maximum Gasteiger partial charge on any atom is 0.340 e. The van der Waals surface area contributed by atoms with E-state index in [-0.39, 0.29) is 0 Å². The zero-order valence-corrected chi connectivity index (χ0v) is 20.6. The summed E-state index contributed by atoms with van der Waals surface area (Å²) in [5.41, 5.74) is 7.38. The lowest BCUT2D eigenvalue weighted by molar-refractivity contribution is 0.0602. The Morgan fingerprint density at radius 2 is 1.68 bits per heavy atom. The van der Waals surface area contributed by atoms with Crippen LogP contribution in [0.25, 0.3) is 33.3 Å².